The first-order chi connectivity index (χ1) is 10.0. The molecule has 0 aliphatic carbocycles. The van der Waals surface area contributed by atoms with E-state index < -0.39 is 4.92 Å². The lowest BCUT2D eigenvalue weighted by Crippen LogP contribution is -2.27. The average Bonchev–Trinajstić information content (AvgIpc) is 2.47. The highest BCUT2D eigenvalue weighted by atomic mass is 79.9. The van der Waals surface area contributed by atoms with E-state index in [0.717, 1.165) is 0 Å². The minimum absolute atomic E-state index is 0.00256. The summed E-state index contributed by atoms with van der Waals surface area (Å²) in [6.45, 7) is 0.138. The molecular weight excluding hydrogens is 338 g/mol. The lowest BCUT2D eigenvalue weighted by Gasteiger charge is -2.17. The van der Waals surface area contributed by atoms with Gasteiger partial charge in [-0.1, -0.05) is 18.2 Å². The Labute approximate surface area is 129 Å². The molecule has 0 bridgehead atoms. The van der Waals surface area contributed by atoms with Gasteiger partial charge in [0.1, 0.15) is 5.69 Å². The summed E-state index contributed by atoms with van der Waals surface area (Å²) >= 11 is 3.27. The van der Waals surface area contributed by atoms with Crippen LogP contribution in [0.25, 0.3) is 0 Å². The third-order valence-corrected chi connectivity index (χ3v) is 3.54. The average molecular weight is 350 g/mol. The fourth-order valence-corrected chi connectivity index (χ4v) is 2.30. The number of carbonyl (C=O) groups is 1. The number of benzene rings is 1. The molecule has 2 rings (SSSR count). The molecule has 1 heterocycles. The van der Waals surface area contributed by atoms with Crippen molar-refractivity contribution in [2.24, 2.45) is 0 Å². The number of nitrogens with zero attached hydrogens (tertiary/aromatic N) is 3. The number of pyridine rings is 1. The zero-order valence-electron chi connectivity index (χ0n) is 11.2. The van der Waals surface area contributed by atoms with E-state index in [0.29, 0.717) is 10.0 Å². The Balaban J connectivity index is 2.23. The highest BCUT2D eigenvalue weighted by Gasteiger charge is 2.20. The molecule has 0 N–H and O–H groups in total. The van der Waals surface area contributed by atoms with Gasteiger partial charge in [-0.25, -0.2) is 4.98 Å². The Bertz CT molecular complexity index is 691. The summed E-state index contributed by atoms with van der Waals surface area (Å²) in [5.74, 6) is -0.305. The van der Waals surface area contributed by atoms with Gasteiger partial charge in [-0.3, -0.25) is 14.9 Å². The van der Waals surface area contributed by atoms with Crippen molar-refractivity contribution >= 4 is 27.5 Å². The highest BCUT2D eigenvalue weighted by Crippen LogP contribution is 2.21. The van der Waals surface area contributed by atoms with Crippen LogP contribution in [0.3, 0.4) is 0 Å². The summed E-state index contributed by atoms with van der Waals surface area (Å²) in [5.41, 5.74) is 0.751. The summed E-state index contributed by atoms with van der Waals surface area (Å²) in [5, 5.41) is 11.0. The zero-order chi connectivity index (χ0) is 15.4. The molecule has 2 aromatic rings. The first-order valence-electron chi connectivity index (χ1n) is 6.09. The maximum Gasteiger partial charge on any atom is 0.274 e. The molecular formula is C14H12BrN3O3. The molecule has 0 saturated carbocycles. The van der Waals surface area contributed by atoms with Crippen molar-refractivity contribution in [2.45, 2.75) is 6.54 Å². The minimum Gasteiger partial charge on any atom is -0.336 e. The van der Waals surface area contributed by atoms with Crippen molar-refractivity contribution in [1.82, 2.24) is 9.88 Å². The monoisotopic (exact) mass is 349 g/mol. The van der Waals surface area contributed by atoms with E-state index in [9.17, 15) is 14.9 Å². The normalized spacial score (nSPS) is 10.2. The molecule has 0 saturated heterocycles. The molecule has 6 nitrogen and oxygen atoms in total. The van der Waals surface area contributed by atoms with Gasteiger partial charge in [0.15, 0.2) is 0 Å². The maximum absolute atomic E-state index is 12.3. The third-order valence-electron chi connectivity index (χ3n) is 2.90. The van der Waals surface area contributed by atoms with Gasteiger partial charge in [0.25, 0.3) is 11.6 Å². The number of nitro benzene ring substituents is 1. The van der Waals surface area contributed by atoms with Gasteiger partial charge in [-0.2, -0.15) is 0 Å². The number of hydrogen-bond donors (Lipinski definition) is 0. The van der Waals surface area contributed by atoms with E-state index in [1.807, 2.05) is 0 Å². The number of hydrogen-bond acceptors (Lipinski definition) is 4. The van der Waals surface area contributed by atoms with E-state index in [1.165, 1.54) is 17.2 Å². The zero-order valence-corrected chi connectivity index (χ0v) is 12.8. The second kappa shape index (κ2) is 6.45. The summed E-state index contributed by atoms with van der Waals surface area (Å²) in [4.78, 5) is 28.3. The molecule has 1 amide bonds. The molecule has 0 spiro atoms. The summed E-state index contributed by atoms with van der Waals surface area (Å²) in [6, 6.07) is 9.79. The SMILES string of the molecule is CN(Cc1ccccc1[N+](=O)[O-])C(=O)c1ncccc1Br. The van der Waals surface area contributed by atoms with Crippen LogP contribution in [0.2, 0.25) is 0 Å². The van der Waals surface area contributed by atoms with Gasteiger partial charge in [0, 0.05) is 29.3 Å². The molecule has 1 aromatic carbocycles. The van der Waals surface area contributed by atoms with Gasteiger partial charge in [-0.15, -0.1) is 0 Å². The smallest absolute Gasteiger partial charge is 0.274 e. The van der Waals surface area contributed by atoms with Crippen LogP contribution in [0.1, 0.15) is 16.1 Å². The molecule has 21 heavy (non-hydrogen) atoms. The Kier molecular flexibility index (Phi) is 4.64. The Morgan fingerprint density at radius 2 is 2.05 bits per heavy atom. The van der Waals surface area contributed by atoms with E-state index in [1.54, 1.807) is 37.4 Å². The Morgan fingerprint density at radius 3 is 2.71 bits per heavy atom. The fourth-order valence-electron chi connectivity index (χ4n) is 1.87. The Morgan fingerprint density at radius 1 is 1.33 bits per heavy atom. The lowest BCUT2D eigenvalue weighted by molar-refractivity contribution is -0.385. The summed E-state index contributed by atoms with van der Waals surface area (Å²) < 4.78 is 0.587. The molecule has 0 fully saturated rings. The summed E-state index contributed by atoms with van der Waals surface area (Å²) in [7, 11) is 1.58. The molecule has 7 heteroatoms. The molecule has 0 aliphatic heterocycles. The standard InChI is InChI=1S/C14H12BrN3O3/c1-17(14(19)13-11(15)6-4-8-16-13)9-10-5-2-3-7-12(10)18(20)21/h2-8H,9H2,1H3. The number of carbonyl (C=O) groups excluding carboxylic acids is 1. The van der Waals surface area contributed by atoms with Crippen LogP contribution in [-0.4, -0.2) is 27.8 Å². The van der Waals surface area contributed by atoms with Crippen LogP contribution < -0.4 is 0 Å². The third kappa shape index (κ3) is 3.43. The van der Waals surface area contributed by atoms with Crippen LogP contribution >= 0.6 is 15.9 Å². The van der Waals surface area contributed by atoms with E-state index in [-0.39, 0.29) is 23.8 Å². The van der Waals surface area contributed by atoms with Gasteiger partial charge in [-0.05, 0) is 28.1 Å². The van der Waals surface area contributed by atoms with E-state index in [4.69, 9.17) is 0 Å². The topological polar surface area (TPSA) is 76.3 Å². The fraction of sp³-hybridized carbons (Fsp3) is 0.143. The molecule has 0 atom stereocenters. The quantitative estimate of drug-likeness (QED) is 0.627. The van der Waals surface area contributed by atoms with Gasteiger partial charge < -0.3 is 4.90 Å². The number of rotatable bonds is 4. The molecule has 0 aliphatic rings. The maximum atomic E-state index is 12.3. The van der Waals surface area contributed by atoms with E-state index in [2.05, 4.69) is 20.9 Å². The second-order valence-electron chi connectivity index (χ2n) is 4.38. The van der Waals surface area contributed by atoms with Crippen LogP contribution in [0.4, 0.5) is 5.69 Å². The van der Waals surface area contributed by atoms with Crippen molar-refractivity contribution in [3.05, 3.63) is 68.4 Å². The predicted octanol–water partition coefficient (Wildman–Crippen LogP) is 3.02. The van der Waals surface area contributed by atoms with Crippen LogP contribution in [-0.2, 0) is 6.54 Å². The predicted molar refractivity (Wildman–Crippen MR) is 80.8 cm³/mol. The van der Waals surface area contributed by atoms with Gasteiger partial charge in [0.05, 0.1) is 11.5 Å². The first kappa shape index (κ1) is 15.1. The summed E-state index contributed by atoms with van der Waals surface area (Å²) in [6.07, 6.45) is 1.52. The number of halogens is 1. The molecule has 108 valence electrons. The van der Waals surface area contributed by atoms with Crippen molar-refractivity contribution in [2.75, 3.05) is 7.05 Å². The Hall–Kier alpha value is -2.28. The van der Waals surface area contributed by atoms with Crippen molar-refractivity contribution in [1.29, 1.82) is 0 Å². The van der Waals surface area contributed by atoms with Crippen molar-refractivity contribution in [3.63, 3.8) is 0 Å². The molecule has 0 unspecified atom stereocenters. The first-order valence-corrected chi connectivity index (χ1v) is 6.88. The van der Waals surface area contributed by atoms with Crippen molar-refractivity contribution in [3.8, 4) is 0 Å². The van der Waals surface area contributed by atoms with Crippen LogP contribution in [0, 0.1) is 10.1 Å². The number of amides is 1. The molecule has 0 radical (unpaired) electrons. The lowest BCUT2D eigenvalue weighted by atomic mass is 10.1. The highest BCUT2D eigenvalue weighted by molar-refractivity contribution is 9.10. The minimum atomic E-state index is -0.454. The van der Waals surface area contributed by atoms with Gasteiger partial charge >= 0.3 is 0 Å². The molecule has 1 aromatic heterocycles. The second-order valence-corrected chi connectivity index (χ2v) is 5.24. The van der Waals surface area contributed by atoms with E-state index >= 15 is 0 Å². The van der Waals surface area contributed by atoms with Crippen LogP contribution in [0.15, 0.2) is 47.1 Å². The number of aromatic nitrogens is 1. The number of para-hydroxylation sites is 1. The largest absolute Gasteiger partial charge is 0.336 e. The number of nitro groups is 1. The van der Waals surface area contributed by atoms with Crippen molar-refractivity contribution < 1.29 is 9.72 Å². The van der Waals surface area contributed by atoms with Crippen LogP contribution in [0.5, 0.6) is 0 Å². The van der Waals surface area contributed by atoms with Gasteiger partial charge in [0.2, 0.25) is 0 Å².